The highest BCUT2D eigenvalue weighted by molar-refractivity contribution is 7.99. The SMILES string of the molecule is CC1(C)OB(c2cnc(SCC3CCCN(CCN)C3)nc2)OC1(C)C. The molecule has 6 nitrogen and oxygen atoms in total. The van der Waals surface area contributed by atoms with Crippen LogP contribution < -0.4 is 11.2 Å². The summed E-state index contributed by atoms with van der Waals surface area (Å²) in [6, 6.07) is 0. The van der Waals surface area contributed by atoms with Crippen molar-refractivity contribution >= 4 is 24.3 Å². The molecular weight excluding hydrogens is 347 g/mol. The first-order valence-corrected chi connectivity index (χ1v) is 10.5. The molecule has 0 aromatic carbocycles. The van der Waals surface area contributed by atoms with Crippen LogP contribution in [-0.4, -0.2) is 65.1 Å². The number of piperidine rings is 1. The van der Waals surface area contributed by atoms with Gasteiger partial charge in [-0.1, -0.05) is 11.8 Å². The van der Waals surface area contributed by atoms with Crippen molar-refractivity contribution in [3.63, 3.8) is 0 Å². The average molecular weight is 378 g/mol. The van der Waals surface area contributed by atoms with Gasteiger partial charge in [0, 0.05) is 43.2 Å². The third kappa shape index (κ3) is 4.59. The summed E-state index contributed by atoms with van der Waals surface area (Å²) >= 11 is 1.74. The number of aromatic nitrogens is 2. The van der Waals surface area contributed by atoms with Gasteiger partial charge in [0.15, 0.2) is 5.16 Å². The molecule has 1 atom stereocenters. The quantitative estimate of drug-likeness (QED) is 0.457. The van der Waals surface area contributed by atoms with Crippen LogP contribution in [-0.2, 0) is 9.31 Å². The van der Waals surface area contributed by atoms with Crippen LogP contribution >= 0.6 is 11.8 Å². The summed E-state index contributed by atoms with van der Waals surface area (Å²) in [5, 5.41) is 0.821. The van der Waals surface area contributed by atoms with Crippen molar-refractivity contribution in [2.75, 3.05) is 31.9 Å². The second-order valence-corrected chi connectivity index (χ2v) is 9.28. The predicted molar refractivity (Wildman–Crippen MR) is 107 cm³/mol. The van der Waals surface area contributed by atoms with Gasteiger partial charge in [-0.05, 0) is 53.0 Å². The van der Waals surface area contributed by atoms with Gasteiger partial charge in [0.25, 0.3) is 0 Å². The highest BCUT2D eigenvalue weighted by atomic mass is 32.2. The van der Waals surface area contributed by atoms with Crippen molar-refractivity contribution < 1.29 is 9.31 Å². The predicted octanol–water partition coefficient (Wildman–Crippen LogP) is 1.54. The lowest BCUT2D eigenvalue weighted by atomic mass is 9.81. The van der Waals surface area contributed by atoms with Crippen molar-refractivity contribution in [3.05, 3.63) is 12.4 Å². The van der Waals surface area contributed by atoms with Gasteiger partial charge in [0.05, 0.1) is 11.2 Å². The normalized spacial score (nSPS) is 25.6. The molecule has 144 valence electrons. The van der Waals surface area contributed by atoms with Crippen LogP contribution in [0.2, 0.25) is 0 Å². The number of likely N-dealkylation sites (tertiary alicyclic amines) is 1. The summed E-state index contributed by atoms with van der Waals surface area (Å²) in [4.78, 5) is 11.5. The summed E-state index contributed by atoms with van der Waals surface area (Å²) < 4.78 is 12.1. The Morgan fingerprint density at radius 2 is 1.88 bits per heavy atom. The molecular formula is C18H31BN4O2S. The van der Waals surface area contributed by atoms with E-state index in [2.05, 4.69) is 42.6 Å². The number of thioether (sulfide) groups is 1. The lowest BCUT2D eigenvalue weighted by Crippen LogP contribution is -2.41. The molecule has 2 saturated heterocycles. The first-order chi connectivity index (χ1) is 12.3. The van der Waals surface area contributed by atoms with Gasteiger partial charge in [-0.3, -0.25) is 0 Å². The van der Waals surface area contributed by atoms with E-state index in [0.29, 0.717) is 5.92 Å². The Balaban J connectivity index is 1.52. The molecule has 2 aliphatic rings. The molecule has 0 saturated carbocycles. The Kier molecular flexibility index (Phi) is 6.29. The molecule has 3 rings (SSSR count). The molecule has 0 spiro atoms. The van der Waals surface area contributed by atoms with Gasteiger partial charge < -0.3 is 19.9 Å². The fourth-order valence-electron chi connectivity index (χ4n) is 3.37. The highest BCUT2D eigenvalue weighted by Crippen LogP contribution is 2.36. The van der Waals surface area contributed by atoms with E-state index in [0.717, 1.165) is 36.0 Å². The van der Waals surface area contributed by atoms with E-state index in [4.69, 9.17) is 15.0 Å². The lowest BCUT2D eigenvalue weighted by molar-refractivity contribution is 0.00578. The Hall–Kier alpha value is -0.665. The van der Waals surface area contributed by atoms with E-state index in [1.807, 2.05) is 12.4 Å². The molecule has 0 radical (unpaired) electrons. The summed E-state index contributed by atoms with van der Waals surface area (Å²) in [5.41, 5.74) is 5.87. The average Bonchev–Trinajstić information content (AvgIpc) is 2.82. The summed E-state index contributed by atoms with van der Waals surface area (Å²) in [6.45, 7) is 12.3. The van der Waals surface area contributed by atoms with Crippen LogP contribution in [0.15, 0.2) is 17.6 Å². The van der Waals surface area contributed by atoms with E-state index >= 15 is 0 Å². The van der Waals surface area contributed by atoms with Gasteiger partial charge in [-0.25, -0.2) is 9.97 Å². The second-order valence-electron chi connectivity index (χ2n) is 8.30. The van der Waals surface area contributed by atoms with Crippen molar-refractivity contribution in [2.45, 2.75) is 56.9 Å². The van der Waals surface area contributed by atoms with E-state index in [1.54, 1.807) is 11.8 Å². The highest BCUT2D eigenvalue weighted by Gasteiger charge is 2.51. The molecule has 26 heavy (non-hydrogen) atoms. The third-order valence-electron chi connectivity index (χ3n) is 5.67. The molecule has 1 aromatic rings. The Morgan fingerprint density at radius 3 is 2.50 bits per heavy atom. The second kappa shape index (κ2) is 8.14. The molecule has 0 amide bonds. The Bertz CT molecular complexity index is 581. The molecule has 0 aliphatic carbocycles. The third-order valence-corrected chi connectivity index (χ3v) is 6.78. The van der Waals surface area contributed by atoms with Crippen LogP contribution in [0.1, 0.15) is 40.5 Å². The minimum Gasteiger partial charge on any atom is -0.399 e. The minimum absolute atomic E-state index is 0.346. The fraction of sp³-hybridized carbons (Fsp3) is 0.778. The first-order valence-electron chi connectivity index (χ1n) is 9.53. The zero-order chi connectivity index (χ0) is 18.8. The maximum Gasteiger partial charge on any atom is 0.498 e. The van der Waals surface area contributed by atoms with E-state index < -0.39 is 7.12 Å². The van der Waals surface area contributed by atoms with Crippen molar-refractivity contribution in [2.24, 2.45) is 11.7 Å². The maximum absolute atomic E-state index is 6.06. The zero-order valence-corrected chi connectivity index (χ0v) is 17.2. The maximum atomic E-state index is 6.06. The van der Waals surface area contributed by atoms with Crippen molar-refractivity contribution in [1.29, 1.82) is 0 Å². The van der Waals surface area contributed by atoms with Crippen LogP contribution in [0.5, 0.6) is 0 Å². The molecule has 1 unspecified atom stereocenters. The Labute approximate surface area is 161 Å². The van der Waals surface area contributed by atoms with Gasteiger partial charge >= 0.3 is 7.12 Å². The van der Waals surface area contributed by atoms with Gasteiger partial charge in [-0.2, -0.15) is 0 Å². The van der Waals surface area contributed by atoms with Gasteiger partial charge in [-0.15, -0.1) is 0 Å². The molecule has 2 N–H and O–H groups in total. The van der Waals surface area contributed by atoms with Gasteiger partial charge in [0.2, 0.25) is 0 Å². The van der Waals surface area contributed by atoms with E-state index in [-0.39, 0.29) is 11.2 Å². The first kappa shape index (κ1) is 20.1. The number of hydrogen-bond donors (Lipinski definition) is 1. The number of nitrogens with zero attached hydrogens (tertiary/aromatic N) is 3. The molecule has 3 heterocycles. The summed E-state index contributed by atoms with van der Waals surface area (Å²) in [6.07, 6.45) is 6.20. The lowest BCUT2D eigenvalue weighted by Gasteiger charge is -2.32. The van der Waals surface area contributed by atoms with E-state index in [1.165, 1.54) is 19.4 Å². The van der Waals surface area contributed by atoms with Crippen LogP contribution in [0.25, 0.3) is 0 Å². The molecule has 1 aromatic heterocycles. The van der Waals surface area contributed by atoms with Crippen LogP contribution in [0.3, 0.4) is 0 Å². The molecule has 2 fully saturated rings. The monoisotopic (exact) mass is 378 g/mol. The van der Waals surface area contributed by atoms with Gasteiger partial charge in [0.1, 0.15) is 0 Å². The van der Waals surface area contributed by atoms with Crippen LogP contribution in [0.4, 0.5) is 0 Å². The molecule has 0 bridgehead atoms. The standard InChI is InChI=1S/C18H31BN4O2S/c1-17(2)18(3,4)25-19(24-17)15-10-21-16(22-11-15)26-13-14-6-5-8-23(12-14)9-7-20/h10-11,14H,5-9,12-13,20H2,1-4H3. The Morgan fingerprint density at radius 1 is 1.23 bits per heavy atom. The largest absolute Gasteiger partial charge is 0.498 e. The zero-order valence-electron chi connectivity index (χ0n) is 16.4. The fourth-order valence-corrected chi connectivity index (χ4v) is 4.28. The van der Waals surface area contributed by atoms with Crippen molar-refractivity contribution in [3.8, 4) is 0 Å². The number of hydrogen-bond acceptors (Lipinski definition) is 7. The molecule has 2 aliphatic heterocycles. The van der Waals surface area contributed by atoms with E-state index in [9.17, 15) is 0 Å². The topological polar surface area (TPSA) is 73.5 Å². The smallest absolute Gasteiger partial charge is 0.399 e. The van der Waals surface area contributed by atoms with Crippen molar-refractivity contribution in [1.82, 2.24) is 14.9 Å². The summed E-state index contributed by atoms with van der Waals surface area (Å²) in [7, 11) is -0.401. The van der Waals surface area contributed by atoms with Crippen LogP contribution in [0, 0.1) is 5.92 Å². The number of rotatable bonds is 6. The number of nitrogens with two attached hydrogens (primary N) is 1. The molecule has 8 heteroatoms. The minimum atomic E-state index is -0.401. The summed E-state index contributed by atoms with van der Waals surface area (Å²) in [5.74, 6) is 1.74.